The first-order valence-electron chi connectivity index (χ1n) is 16.4. The molecule has 222 valence electrons. The van der Waals surface area contributed by atoms with E-state index in [1.807, 2.05) is 17.4 Å². The highest BCUT2D eigenvalue weighted by Gasteiger charge is 2.36. The van der Waals surface area contributed by atoms with Crippen LogP contribution in [-0.4, -0.2) is 10.3 Å². The van der Waals surface area contributed by atoms with Gasteiger partial charge in [0, 0.05) is 32.0 Å². The number of fused-ring (bicyclic) bond motifs is 10. The van der Waals surface area contributed by atoms with Gasteiger partial charge in [0.1, 0.15) is 5.00 Å². The van der Waals surface area contributed by atoms with Gasteiger partial charge in [0.25, 0.3) is 0 Å². The Balaban J connectivity index is 1.28. The van der Waals surface area contributed by atoms with E-state index in [4.69, 9.17) is 4.99 Å². The van der Waals surface area contributed by atoms with Gasteiger partial charge in [-0.25, -0.2) is 4.99 Å². The van der Waals surface area contributed by atoms with Crippen LogP contribution in [0.5, 0.6) is 0 Å². The summed E-state index contributed by atoms with van der Waals surface area (Å²) in [5, 5.41) is 7.47. The van der Waals surface area contributed by atoms with Crippen LogP contribution in [0.3, 0.4) is 0 Å². The summed E-state index contributed by atoms with van der Waals surface area (Å²) >= 11 is 1.81. The normalized spacial score (nSPS) is 15.1. The highest BCUT2D eigenvalue weighted by atomic mass is 32.1. The van der Waals surface area contributed by atoms with E-state index in [0.29, 0.717) is 0 Å². The first-order valence-corrected chi connectivity index (χ1v) is 17.2. The molecule has 2 nitrogen and oxygen atoms in total. The lowest BCUT2D eigenvalue weighted by atomic mass is 9.82. The maximum atomic E-state index is 5.67. The minimum Gasteiger partial charge on any atom is -0.307 e. The molecule has 3 heterocycles. The SMILES string of the molecule is CC1(C)c2c#cccc2-c2ccc(C3=Nc4sc5ccccc5c4CCC=C3n3c4ccccc4c4cc5ccccc5cc43)cc21. The van der Waals surface area contributed by atoms with Gasteiger partial charge in [-0.3, -0.25) is 0 Å². The van der Waals surface area contributed by atoms with Crippen molar-refractivity contribution >= 4 is 70.4 Å². The number of para-hydroxylation sites is 1. The predicted octanol–water partition coefficient (Wildman–Crippen LogP) is 11.7. The number of aryl methyl sites for hydroxylation is 1. The third kappa shape index (κ3) is 3.83. The zero-order valence-corrected chi connectivity index (χ0v) is 27.1. The molecule has 1 aliphatic heterocycles. The van der Waals surface area contributed by atoms with Crippen molar-refractivity contribution in [3.05, 3.63) is 156 Å². The topological polar surface area (TPSA) is 17.3 Å². The van der Waals surface area contributed by atoms with E-state index in [9.17, 15) is 0 Å². The second-order valence-electron chi connectivity index (χ2n) is 13.3. The summed E-state index contributed by atoms with van der Waals surface area (Å²) in [5.74, 6) is 0. The van der Waals surface area contributed by atoms with Crippen LogP contribution < -0.4 is 0 Å². The van der Waals surface area contributed by atoms with Gasteiger partial charge < -0.3 is 4.57 Å². The minimum atomic E-state index is -0.182. The molecule has 3 heteroatoms. The number of hydrogen-bond acceptors (Lipinski definition) is 2. The highest BCUT2D eigenvalue weighted by Crippen LogP contribution is 2.49. The highest BCUT2D eigenvalue weighted by molar-refractivity contribution is 7.22. The zero-order chi connectivity index (χ0) is 31.3. The molecule has 47 heavy (non-hydrogen) atoms. The van der Waals surface area contributed by atoms with Gasteiger partial charge in [0.15, 0.2) is 0 Å². The van der Waals surface area contributed by atoms with Crippen molar-refractivity contribution in [1.82, 2.24) is 4.57 Å². The molecular formula is C44H30N2S. The molecule has 0 N–H and O–H groups in total. The van der Waals surface area contributed by atoms with Gasteiger partial charge in [-0.05, 0) is 93.7 Å². The van der Waals surface area contributed by atoms with Crippen molar-refractivity contribution < 1.29 is 0 Å². The zero-order valence-electron chi connectivity index (χ0n) is 26.3. The van der Waals surface area contributed by atoms with Crippen molar-refractivity contribution in [2.45, 2.75) is 32.1 Å². The lowest BCUT2D eigenvalue weighted by Crippen LogP contribution is -2.17. The Hall–Kier alpha value is -5.43. The van der Waals surface area contributed by atoms with Crippen LogP contribution in [0.1, 0.15) is 42.5 Å². The third-order valence-corrected chi connectivity index (χ3v) is 11.4. The van der Waals surface area contributed by atoms with Crippen LogP contribution in [0.25, 0.3) is 59.5 Å². The molecule has 2 aliphatic rings. The average Bonchev–Trinajstić information content (AvgIpc) is 3.68. The largest absolute Gasteiger partial charge is 0.307 e. The van der Waals surface area contributed by atoms with E-state index in [0.717, 1.165) is 34.8 Å². The summed E-state index contributed by atoms with van der Waals surface area (Å²) in [6.45, 7) is 4.62. The molecule has 0 radical (unpaired) electrons. The van der Waals surface area contributed by atoms with E-state index >= 15 is 0 Å². The summed E-state index contributed by atoms with van der Waals surface area (Å²) in [4.78, 5) is 5.67. The fourth-order valence-electron chi connectivity index (χ4n) is 8.04. The first-order chi connectivity index (χ1) is 23.1. The molecule has 6 aromatic carbocycles. The van der Waals surface area contributed by atoms with Crippen molar-refractivity contribution in [1.29, 1.82) is 0 Å². The Bertz CT molecular complexity index is 2660. The molecule has 0 amide bonds. The number of nitrogens with zero attached hydrogens (tertiary/aromatic N) is 2. The average molecular weight is 619 g/mol. The van der Waals surface area contributed by atoms with Crippen LogP contribution >= 0.6 is 11.3 Å². The van der Waals surface area contributed by atoms with Gasteiger partial charge >= 0.3 is 0 Å². The molecule has 0 unspecified atom stereocenters. The van der Waals surface area contributed by atoms with Gasteiger partial charge in [0.05, 0.1) is 22.4 Å². The number of hydrogen-bond donors (Lipinski definition) is 0. The number of rotatable bonds is 2. The van der Waals surface area contributed by atoms with Crippen molar-refractivity contribution in [2.24, 2.45) is 4.99 Å². The third-order valence-electron chi connectivity index (χ3n) is 10.3. The Labute approximate surface area is 278 Å². The molecule has 0 saturated heterocycles. The smallest absolute Gasteiger partial charge is 0.121 e. The van der Waals surface area contributed by atoms with E-state index in [1.54, 1.807) is 0 Å². The maximum absolute atomic E-state index is 5.67. The number of thiophene rings is 1. The molecule has 0 spiro atoms. The summed E-state index contributed by atoms with van der Waals surface area (Å²) in [5.41, 5.74) is 11.9. The number of aliphatic imine (C=N–C) groups is 1. The molecule has 2 aromatic heterocycles. The Morgan fingerprint density at radius 1 is 0.745 bits per heavy atom. The Morgan fingerprint density at radius 3 is 2.43 bits per heavy atom. The molecule has 0 fully saturated rings. The van der Waals surface area contributed by atoms with Crippen molar-refractivity contribution in [3.63, 3.8) is 0 Å². The number of aromatic nitrogens is 1. The lowest BCUT2D eigenvalue weighted by Gasteiger charge is -2.22. The van der Waals surface area contributed by atoms with Crippen LogP contribution in [0.15, 0.2) is 126 Å². The summed E-state index contributed by atoms with van der Waals surface area (Å²) in [6, 6.07) is 48.8. The van der Waals surface area contributed by atoms with Gasteiger partial charge in [-0.15, -0.1) is 11.3 Å². The van der Waals surface area contributed by atoms with Crippen LogP contribution in [0.2, 0.25) is 0 Å². The molecule has 1 aliphatic carbocycles. The molecule has 10 rings (SSSR count). The standard InChI is InChI=1S/C44H30N2S/c1-44(2)36-18-8-5-14-30(36)31-23-22-29(25-37(31)44)42-39(20-11-17-34-33-16-7-10-21-41(33)47-43(34)45-42)46-38-19-9-6-15-32(38)35-24-27-12-3-4-13-28(27)26-40(35)46/h3-7,9-10,12-16,19-26H,11,17H2,1-2H3. The molecule has 0 atom stereocenters. The lowest BCUT2D eigenvalue weighted by molar-refractivity contribution is 0.660. The van der Waals surface area contributed by atoms with Crippen LogP contribution in [0, 0.1) is 12.1 Å². The maximum Gasteiger partial charge on any atom is 0.121 e. The van der Waals surface area contributed by atoms with E-state index in [2.05, 4.69) is 146 Å². The fraction of sp³-hybridized carbons (Fsp3) is 0.114. The summed E-state index contributed by atoms with van der Waals surface area (Å²) in [7, 11) is 0. The molecule has 8 aromatic rings. The van der Waals surface area contributed by atoms with Crippen LogP contribution in [-0.2, 0) is 11.8 Å². The first kappa shape index (κ1) is 26.8. The van der Waals surface area contributed by atoms with Gasteiger partial charge in [-0.1, -0.05) is 105 Å². The second kappa shape index (κ2) is 9.79. The van der Waals surface area contributed by atoms with Crippen molar-refractivity contribution in [2.75, 3.05) is 0 Å². The molecular weight excluding hydrogens is 589 g/mol. The second-order valence-corrected chi connectivity index (χ2v) is 14.3. The monoisotopic (exact) mass is 618 g/mol. The number of benzene rings is 5. The van der Waals surface area contributed by atoms with E-state index in [-0.39, 0.29) is 5.41 Å². The quantitative estimate of drug-likeness (QED) is 0.183. The van der Waals surface area contributed by atoms with E-state index in [1.165, 1.54) is 70.5 Å². The molecule has 0 bridgehead atoms. The Morgan fingerprint density at radius 2 is 1.53 bits per heavy atom. The predicted molar refractivity (Wildman–Crippen MR) is 199 cm³/mol. The van der Waals surface area contributed by atoms with E-state index < -0.39 is 0 Å². The van der Waals surface area contributed by atoms with Crippen molar-refractivity contribution in [3.8, 4) is 11.1 Å². The van der Waals surface area contributed by atoms with Gasteiger partial charge in [-0.2, -0.15) is 0 Å². The van der Waals surface area contributed by atoms with Crippen LogP contribution in [0.4, 0.5) is 5.00 Å². The molecule has 0 saturated carbocycles. The number of allylic oxidation sites excluding steroid dienone is 2. The fourth-order valence-corrected chi connectivity index (χ4v) is 9.16. The summed E-state index contributed by atoms with van der Waals surface area (Å²) in [6.07, 6.45) is 4.32. The Kier molecular flexibility index (Phi) is 5.57. The minimum absolute atomic E-state index is 0.182. The summed E-state index contributed by atoms with van der Waals surface area (Å²) < 4.78 is 3.77. The van der Waals surface area contributed by atoms with Gasteiger partial charge in [0.2, 0.25) is 0 Å².